The van der Waals surface area contributed by atoms with Gasteiger partial charge in [0.2, 0.25) is 5.91 Å². The Morgan fingerprint density at radius 1 is 1.25 bits per heavy atom. The molecule has 24 heavy (non-hydrogen) atoms. The Hall–Kier alpha value is -2.02. The number of halogens is 4. The summed E-state index contributed by atoms with van der Waals surface area (Å²) in [6.07, 6.45) is -2.17. The zero-order valence-electron chi connectivity index (χ0n) is 12.7. The summed E-state index contributed by atoms with van der Waals surface area (Å²) in [4.78, 5) is 12.2. The number of fused-ring (bicyclic) bond motifs is 1. The first-order valence-electron chi connectivity index (χ1n) is 7.56. The van der Waals surface area contributed by atoms with Crippen LogP contribution in [0.4, 0.5) is 18.9 Å². The fourth-order valence-electron chi connectivity index (χ4n) is 2.92. The van der Waals surface area contributed by atoms with Gasteiger partial charge in [-0.15, -0.1) is 0 Å². The Kier molecular flexibility index (Phi) is 4.54. The van der Waals surface area contributed by atoms with Crippen molar-refractivity contribution in [3.63, 3.8) is 0 Å². The second-order valence-electron chi connectivity index (χ2n) is 5.66. The molecule has 2 aromatic rings. The highest BCUT2D eigenvalue weighted by molar-refractivity contribution is 6.33. The van der Waals surface area contributed by atoms with Gasteiger partial charge in [-0.1, -0.05) is 23.7 Å². The number of anilines is 1. The zero-order valence-corrected chi connectivity index (χ0v) is 13.4. The number of aromatic nitrogens is 2. The van der Waals surface area contributed by atoms with Crippen molar-refractivity contribution in [2.75, 3.05) is 5.32 Å². The minimum Gasteiger partial charge on any atom is -0.323 e. The van der Waals surface area contributed by atoms with Crippen molar-refractivity contribution in [3.05, 3.63) is 46.2 Å². The van der Waals surface area contributed by atoms with Crippen LogP contribution in [0.3, 0.4) is 0 Å². The van der Waals surface area contributed by atoms with E-state index in [1.807, 2.05) is 0 Å². The fourth-order valence-corrected chi connectivity index (χ4v) is 3.10. The maximum absolute atomic E-state index is 13.1. The Balaban J connectivity index is 1.84. The Labute approximate surface area is 141 Å². The molecule has 0 unspecified atom stereocenters. The van der Waals surface area contributed by atoms with Crippen LogP contribution in [-0.2, 0) is 30.4 Å². The first kappa shape index (κ1) is 16.8. The lowest BCUT2D eigenvalue weighted by molar-refractivity contribution is -0.142. The molecule has 1 heterocycles. The number of para-hydroxylation sites is 1. The minimum atomic E-state index is -4.51. The van der Waals surface area contributed by atoms with E-state index in [1.54, 1.807) is 24.3 Å². The van der Waals surface area contributed by atoms with Gasteiger partial charge in [0, 0.05) is 11.3 Å². The zero-order chi connectivity index (χ0) is 17.3. The molecule has 1 amide bonds. The molecule has 0 aliphatic heterocycles. The average Bonchev–Trinajstić information content (AvgIpc) is 2.89. The number of hydrogen-bond donors (Lipinski definition) is 1. The van der Waals surface area contributed by atoms with Crippen molar-refractivity contribution in [1.82, 2.24) is 9.78 Å². The number of alkyl halides is 3. The average molecular weight is 358 g/mol. The number of rotatable bonds is 3. The molecule has 128 valence electrons. The van der Waals surface area contributed by atoms with Gasteiger partial charge >= 0.3 is 6.18 Å². The molecule has 0 atom stereocenters. The summed E-state index contributed by atoms with van der Waals surface area (Å²) < 4.78 is 40.6. The van der Waals surface area contributed by atoms with E-state index < -0.39 is 17.8 Å². The summed E-state index contributed by atoms with van der Waals surface area (Å²) in [7, 11) is 0. The van der Waals surface area contributed by atoms with Crippen LogP contribution in [-0.4, -0.2) is 15.7 Å². The van der Waals surface area contributed by atoms with Crippen LogP contribution >= 0.6 is 11.6 Å². The third kappa shape index (κ3) is 3.40. The molecule has 1 aliphatic rings. The van der Waals surface area contributed by atoms with Gasteiger partial charge in [0.25, 0.3) is 0 Å². The topological polar surface area (TPSA) is 46.9 Å². The molecule has 0 fully saturated rings. The van der Waals surface area contributed by atoms with Crippen molar-refractivity contribution in [1.29, 1.82) is 0 Å². The van der Waals surface area contributed by atoms with Crippen LogP contribution in [0.25, 0.3) is 0 Å². The van der Waals surface area contributed by atoms with Gasteiger partial charge in [-0.2, -0.15) is 18.3 Å². The lowest BCUT2D eigenvalue weighted by Gasteiger charge is -2.14. The second-order valence-corrected chi connectivity index (χ2v) is 6.07. The highest BCUT2D eigenvalue weighted by atomic mass is 35.5. The van der Waals surface area contributed by atoms with Crippen LogP contribution in [0.15, 0.2) is 24.3 Å². The predicted octanol–water partition coefficient (Wildman–Crippen LogP) is 4.07. The molecule has 0 radical (unpaired) electrons. The van der Waals surface area contributed by atoms with Gasteiger partial charge in [-0.25, -0.2) is 0 Å². The number of nitrogens with one attached hydrogen (secondary N) is 1. The van der Waals surface area contributed by atoms with Gasteiger partial charge in [0.15, 0.2) is 5.69 Å². The lowest BCUT2D eigenvalue weighted by Crippen LogP contribution is -2.22. The van der Waals surface area contributed by atoms with Gasteiger partial charge in [-0.05, 0) is 37.8 Å². The Bertz CT molecular complexity index is 770. The normalized spacial score (nSPS) is 14.3. The van der Waals surface area contributed by atoms with Crippen LogP contribution in [0.1, 0.15) is 29.8 Å². The van der Waals surface area contributed by atoms with Crippen molar-refractivity contribution in [2.24, 2.45) is 0 Å². The molecular formula is C16H15ClF3N3O. The molecule has 1 aromatic heterocycles. The molecular weight excluding hydrogens is 343 g/mol. The molecule has 4 nitrogen and oxygen atoms in total. The smallest absolute Gasteiger partial charge is 0.323 e. The van der Waals surface area contributed by atoms with Gasteiger partial charge in [0.05, 0.1) is 10.7 Å². The van der Waals surface area contributed by atoms with Crippen molar-refractivity contribution < 1.29 is 18.0 Å². The molecule has 0 bridgehead atoms. The summed E-state index contributed by atoms with van der Waals surface area (Å²) in [5, 5.41) is 6.63. The highest BCUT2D eigenvalue weighted by Crippen LogP contribution is 2.35. The van der Waals surface area contributed by atoms with E-state index in [4.69, 9.17) is 11.6 Å². The summed E-state index contributed by atoms with van der Waals surface area (Å²) in [5.74, 6) is -0.465. The SMILES string of the molecule is O=C(Cn1nc(C(F)(F)F)c2c1CCCC2)Nc1ccccc1Cl. The van der Waals surface area contributed by atoms with E-state index in [2.05, 4.69) is 10.4 Å². The van der Waals surface area contributed by atoms with Crippen molar-refractivity contribution in [2.45, 2.75) is 38.4 Å². The van der Waals surface area contributed by atoms with Crippen LogP contribution in [0.2, 0.25) is 5.02 Å². The second kappa shape index (κ2) is 6.47. The Morgan fingerprint density at radius 2 is 1.96 bits per heavy atom. The molecule has 3 rings (SSSR count). The van der Waals surface area contributed by atoms with Crippen LogP contribution < -0.4 is 5.32 Å². The lowest BCUT2D eigenvalue weighted by atomic mass is 9.95. The van der Waals surface area contributed by atoms with E-state index in [0.29, 0.717) is 35.7 Å². The van der Waals surface area contributed by atoms with Gasteiger partial charge in [-0.3, -0.25) is 9.48 Å². The number of carbonyl (C=O) groups is 1. The third-order valence-electron chi connectivity index (χ3n) is 3.97. The summed E-state index contributed by atoms with van der Waals surface area (Å²) >= 11 is 5.96. The van der Waals surface area contributed by atoms with E-state index in [0.717, 1.165) is 6.42 Å². The van der Waals surface area contributed by atoms with E-state index in [-0.39, 0.29) is 12.1 Å². The minimum absolute atomic E-state index is 0.222. The van der Waals surface area contributed by atoms with E-state index in [9.17, 15) is 18.0 Å². The summed E-state index contributed by atoms with van der Waals surface area (Å²) in [5.41, 5.74) is 0.270. The number of nitrogens with zero attached hydrogens (tertiary/aromatic N) is 2. The Morgan fingerprint density at radius 3 is 2.67 bits per heavy atom. The van der Waals surface area contributed by atoms with Gasteiger partial charge < -0.3 is 5.32 Å². The van der Waals surface area contributed by atoms with Crippen LogP contribution in [0.5, 0.6) is 0 Å². The van der Waals surface area contributed by atoms with Crippen molar-refractivity contribution >= 4 is 23.2 Å². The largest absolute Gasteiger partial charge is 0.435 e. The fraction of sp³-hybridized carbons (Fsp3) is 0.375. The predicted molar refractivity (Wildman–Crippen MR) is 84.0 cm³/mol. The first-order chi connectivity index (χ1) is 11.4. The van der Waals surface area contributed by atoms with Crippen molar-refractivity contribution in [3.8, 4) is 0 Å². The first-order valence-corrected chi connectivity index (χ1v) is 7.94. The third-order valence-corrected chi connectivity index (χ3v) is 4.30. The monoisotopic (exact) mass is 357 g/mol. The number of benzene rings is 1. The highest BCUT2D eigenvalue weighted by Gasteiger charge is 2.39. The molecule has 0 spiro atoms. The summed E-state index contributed by atoms with van der Waals surface area (Å²) in [6.45, 7) is -0.274. The standard InChI is InChI=1S/C16H15ClF3N3O/c17-11-6-2-3-7-12(11)21-14(24)9-23-13-8-4-1-5-10(13)15(22-23)16(18,19)20/h2-3,6-7H,1,4-5,8-9H2,(H,21,24). The van der Waals surface area contributed by atoms with Gasteiger partial charge in [0.1, 0.15) is 6.54 Å². The maximum atomic E-state index is 13.1. The molecule has 1 aromatic carbocycles. The van der Waals surface area contributed by atoms with E-state index in [1.165, 1.54) is 4.68 Å². The van der Waals surface area contributed by atoms with E-state index >= 15 is 0 Å². The maximum Gasteiger partial charge on any atom is 0.435 e. The number of carbonyl (C=O) groups excluding carboxylic acids is 1. The molecule has 0 saturated carbocycles. The quantitative estimate of drug-likeness (QED) is 0.900. The summed E-state index contributed by atoms with van der Waals surface area (Å²) in [6, 6.07) is 6.67. The van der Waals surface area contributed by atoms with Crippen LogP contribution in [0, 0.1) is 0 Å². The molecule has 1 aliphatic carbocycles. The molecule has 8 heteroatoms. The molecule has 1 N–H and O–H groups in total. The number of amides is 1. The number of hydrogen-bond acceptors (Lipinski definition) is 2. The molecule has 0 saturated heterocycles.